The van der Waals surface area contributed by atoms with E-state index in [4.69, 9.17) is 18.0 Å². The highest BCUT2D eigenvalue weighted by Gasteiger charge is 2.12. The molecule has 2 N–H and O–H groups in total. The molecule has 1 aromatic rings. The number of benzene rings is 1. The summed E-state index contributed by atoms with van der Waals surface area (Å²) >= 11 is 4.87. The molecular formula is C13H16F2N2O2S. The molecule has 0 atom stereocenters. The van der Waals surface area contributed by atoms with E-state index < -0.39 is 13.0 Å². The Balaban J connectivity index is 2.56. The van der Waals surface area contributed by atoms with Gasteiger partial charge in [0.05, 0.1) is 13.0 Å². The first-order valence-corrected chi connectivity index (χ1v) is 6.35. The summed E-state index contributed by atoms with van der Waals surface area (Å²) < 4.78 is 28.4. The van der Waals surface area contributed by atoms with E-state index in [1.807, 2.05) is 0 Å². The summed E-state index contributed by atoms with van der Waals surface area (Å²) in [5.41, 5.74) is 6.81. The van der Waals surface area contributed by atoms with Gasteiger partial charge in [0.25, 0.3) is 6.43 Å². The zero-order valence-electron chi connectivity index (χ0n) is 11.0. The number of anilines is 1. The molecule has 0 heterocycles. The lowest BCUT2D eigenvalue weighted by Gasteiger charge is -2.18. The maximum absolute atomic E-state index is 11.9. The smallest absolute Gasteiger partial charge is 0.261 e. The third kappa shape index (κ3) is 5.18. The minimum atomic E-state index is -2.52. The number of carbonyl (C=O) groups is 1. The van der Waals surface area contributed by atoms with Crippen molar-refractivity contribution in [3.63, 3.8) is 0 Å². The number of nitrogens with two attached hydrogens (primary N) is 1. The van der Waals surface area contributed by atoms with Crippen LogP contribution in [-0.4, -0.2) is 37.6 Å². The van der Waals surface area contributed by atoms with Crippen LogP contribution in [-0.2, 0) is 9.53 Å². The maximum Gasteiger partial charge on any atom is 0.261 e. The molecule has 4 nitrogen and oxygen atoms in total. The summed E-state index contributed by atoms with van der Waals surface area (Å²) in [4.78, 5) is 13.5. The summed E-state index contributed by atoms with van der Waals surface area (Å²) in [6.45, 7) is -0.698. The Morgan fingerprint density at radius 2 is 2.20 bits per heavy atom. The summed E-state index contributed by atoms with van der Waals surface area (Å²) in [7, 11) is 1.59. The second-order valence-electron chi connectivity index (χ2n) is 4.08. The van der Waals surface area contributed by atoms with Gasteiger partial charge in [-0.15, -0.1) is 0 Å². The number of ether oxygens (including phenoxy) is 1. The number of halogens is 2. The topological polar surface area (TPSA) is 55.6 Å². The highest BCUT2D eigenvalue weighted by atomic mass is 32.1. The fourth-order valence-corrected chi connectivity index (χ4v) is 1.64. The van der Waals surface area contributed by atoms with Gasteiger partial charge in [-0.3, -0.25) is 4.79 Å². The third-order valence-corrected chi connectivity index (χ3v) is 2.83. The first-order chi connectivity index (χ1) is 9.41. The van der Waals surface area contributed by atoms with Crippen molar-refractivity contribution in [1.82, 2.24) is 0 Å². The molecule has 0 fully saturated rings. The van der Waals surface area contributed by atoms with Crippen molar-refractivity contribution in [2.24, 2.45) is 5.73 Å². The summed E-state index contributed by atoms with van der Waals surface area (Å²) in [6, 6.07) is 6.91. The molecule has 0 bridgehead atoms. The molecule has 0 saturated carbocycles. The van der Waals surface area contributed by atoms with Crippen molar-refractivity contribution in [1.29, 1.82) is 0 Å². The molecule has 0 unspecified atom stereocenters. The Labute approximate surface area is 121 Å². The van der Waals surface area contributed by atoms with E-state index in [-0.39, 0.29) is 23.9 Å². The molecule has 20 heavy (non-hydrogen) atoms. The zero-order chi connectivity index (χ0) is 15.1. The summed E-state index contributed by atoms with van der Waals surface area (Å²) in [5.74, 6) is -0.237. The van der Waals surface area contributed by atoms with Crippen LogP contribution in [0.2, 0.25) is 0 Å². The van der Waals surface area contributed by atoms with Crippen LogP contribution in [0.4, 0.5) is 14.5 Å². The molecule has 0 spiro atoms. The predicted molar refractivity (Wildman–Crippen MR) is 77.2 cm³/mol. The SMILES string of the molecule is CN(C(=O)CCOCC(F)F)c1cccc(C(N)=S)c1. The number of alkyl halides is 2. The van der Waals surface area contributed by atoms with Crippen LogP contribution in [0.15, 0.2) is 24.3 Å². The van der Waals surface area contributed by atoms with E-state index in [0.717, 1.165) is 0 Å². The summed E-state index contributed by atoms with van der Waals surface area (Å²) in [5, 5.41) is 0. The van der Waals surface area contributed by atoms with E-state index in [1.165, 1.54) is 4.90 Å². The maximum atomic E-state index is 11.9. The number of carbonyl (C=O) groups excluding carboxylic acids is 1. The number of thiocarbonyl (C=S) groups is 1. The van der Waals surface area contributed by atoms with E-state index in [0.29, 0.717) is 11.3 Å². The lowest BCUT2D eigenvalue weighted by molar-refractivity contribution is -0.119. The Morgan fingerprint density at radius 3 is 2.80 bits per heavy atom. The molecule has 110 valence electrons. The van der Waals surface area contributed by atoms with Gasteiger partial charge in [0.1, 0.15) is 11.6 Å². The molecule has 0 aliphatic heterocycles. The second-order valence-corrected chi connectivity index (χ2v) is 4.52. The average molecular weight is 302 g/mol. The molecule has 0 saturated heterocycles. The van der Waals surface area contributed by atoms with Gasteiger partial charge < -0.3 is 15.4 Å². The number of amides is 1. The third-order valence-electron chi connectivity index (χ3n) is 2.60. The van der Waals surface area contributed by atoms with Crippen molar-refractivity contribution >= 4 is 28.8 Å². The minimum Gasteiger partial charge on any atom is -0.389 e. The fraction of sp³-hybridized carbons (Fsp3) is 0.385. The summed E-state index contributed by atoms with van der Waals surface area (Å²) in [6.07, 6.45) is -2.49. The van der Waals surface area contributed by atoms with Crippen molar-refractivity contribution in [2.45, 2.75) is 12.8 Å². The van der Waals surface area contributed by atoms with Gasteiger partial charge in [0.2, 0.25) is 5.91 Å². The van der Waals surface area contributed by atoms with Crippen LogP contribution in [0.25, 0.3) is 0 Å². The van der Waals surface area contributed by atoms with Crippen LogP contribution < -0.4 is 10.6 Å². The first-order valence-electron chi connectivity index (χ1n) is 5.94. The Bertz CT molecular complexity index is 483. The lowest BCUT2D eigenvalue weighted by atomic mass is 10.2. The normalized spacial score (nSPS) is 10.6. The number of hydrogen-bond acceptors (Lipinski definition) is 3. The highest BCUT2D eigenvalue weighted by molar-refractivity contribution is 7.80. The number of hydrogen-bond donors (Lipinski definition) is 1. The second kappa shape index (κ2) is 7.86. The van der Waals surface area contributed by atoms with Crippen molar-refractivity contribution < 1.29 is 18.3 Å². The molecule has 0 aromatic heterocycles. The fourth-order valence-electron chi connectivity index (χ4n) is 1.51. The van der Waals surface area contributed by atoms with Gasteiger partial charge in [-0.2, -0.15) is 0 Å². The molecule has 0 aliphatic carbocycles. The largest absolute Gasteiger partial charge is 0.389 e. The zero-order valence-corrected chi connectivity index (χ0v) is 11.8. The lowest BCUT2D eigenvalue weighted by Crippen LogP contribution is -2.27. The molecule has 0 aliphatic rings. The van der Waals surface area contributed by atoms with Crippen molar-refractivity contribution in [2.75, 3.05) is 25.2 Å². The molecule has 1 aromatic carbocycles. The van der Waals surface area contributed by atoms with Crippen LogP contribution >= 0.6 is 12.2 Å². The standard InChI is InChI=1S/C13H16F2N2O2S/c1-17(12(18)5-6-19-8-11(14)15)10-4-2-3-9(7-10)13(16)20/h2-4,7,11H,5-6,8H2,1H3,(H2,16,20). The van der Waals surface area contributed by atoms with Crippen LogP contribution in [0.5, 0.6) is 0 Å². The molecule has 7 heteroatoms. The monoisotopic (exact) mass is 302 g/mol. The van der Waals surface area contributed by atoms with Gasteiger partial charge in [-0.25, -0.2) is 8.78 Å². The van der Waals surface area contributed by atoms with Crippen molar-refractivity contribution in [3.8, 4) is 0 Å². The minimum absolute atomic E-state index is 0.0283. The van der Waals surface area contributed by atoms with Gasteiger partial charge in [-0.05, 0) is 12.1 Å². The molecular weight excluding hydrogens is 286 g/mol. The Hall–Kier alpha value is -1.60. The quantitative estimate of drug-likeness (QED) is 0.618. The van der Waals surface area contributed by atoms with Gasteiger partial charge >= 0.3 is 0 Å². The van der Waals surface area contributed by atoms with Crippen molar-refractivity contribution in [3.05, 3.63) is 29.8 Å². The van der Waals surface area contributed by atoms with Crippen LogP contribution in [0.3, 0.4) is 0 Å². The van der Waals surface area contributed by atoms with E-state index in [9.17, 15) is 13.6 Å². The average Bonchev–Trinajstić information content (AvgIpc) is 2.42. The predicted octanol–water partition coefficient (Wildman–Crippen LogP) is 1.96. The van der Waals surface area contributed by atoms with E-state index >= 15 is 0 Å². The Kier molecular flexibility index (Phi) is 6.47. The van der Waals surface area contributed by atoms with Gasteiger partial charge in [-0.1, -0.05) is 24.4 Å². The molecule has 1 amide bonds. The van der Waals surface area contributed by atoms with E-state index in [1.54, 1.807) is 31.3 Å². The number of rotatable bonds is 7. The van der Waals surface area contributed by atoms with Crippen LogP contribution in [0, 0.1) is 0 Å². The molecule has 0 radical (unpaired) electrons. The van der Waals surface area contributed by atoms with E-state index in [2.05, 4.69) is 4.74 Å². The Morgan fingerprint density at radius 1 is 1.50 bits per heavy atom. The number of nitrogens with zero attached hydrogens (tertiary/aromatic N) is 1. The van der Waals surface area contributed by atoms with Crippen LogP contribution in [0.1, 0.15) is 12.0 Å². The highest BCUT2D eigenvalue weighted by Crippen LogP contribution is 2.15. The molecule has 1 rings (SSSR count). The first kappa shape index (κ1) is 16.5. The van der Waals surface area contributed by atoms with Gasteiger partial charge in [0.15, 0.2) is 0 Å². The van der Waals surface area contributed by atoms with Gasteiger partial charge in [0, 0.05) is 18.3 Å².